The van der Waals surface area contributed by atoms with Crippen molar-refractivity contribution < 1.29 is 14.9 Å². The van der Waals surface area contributed by atoms with Gasteiger partial charge in [0.1, 0.15) is 6.10 Å². The Morgan fingerprint density at radius 2 is 2.38 bits per heavy atom. The van der Waals surface area contributed by atoms with Gasteiger partial charge in [-0.2, -0.15) is 0 Å². The number of nitrogens with one attached hydrogen (secondary N) is 1. The number of aryl methyl sites for hydroxylation is 1. The summed E-state index contributed by atoms with van der Waals surface area (Å²) in [6, 6.07) is 1.75. The van der Waals surface area contributed by atoms with Gasteiger partial charge in [0.05, 0.1) is 18.8 Å². The summed E-state index contributed by atoms with van der Waals surface area (Å²) in [5.74, 6) is 0. The lowest BCUT2D eigenvalue weighted by molar-refractivity contribution is -0.0226. The van der Waals surface area contributed by atoms with Crippen LogP contribution in [0.15, 0.2) is 17.1 Å². The van der Waals surface area contributed by atoms with E-state index >= 15 is 0 Å². The molecule has 0 radical (unpaired) electrons. The van der Waals surface area contributed by atoms with Crippen molar-refractivity contribution in [3.05, 3.63) is 33.7 Å². The van der Waals surface area contributed by atoms with E-state index in [1.807, 2.05) is 0 Å². The van der Waals surface area contributed by atoms with E-state index in [0.29, 0.717) is 12.0 Å². The molecule has 88 valence electrons. The predicted molar refractivity (Wildman–Crippen MR) is 57.1 cm³/mol. The summed E-state index contributed by atoms with van der Waals surface area (Å²) in [7, 11) is 0. The highest BCUT2D eigenvalue weighted by Gasteiger charge is 2.34. The quantitative estimate of drug-likeness (QED) is 0.654. The number of aromatic nitrogens is 1. The van der Waals surface area contributed by atoms with Crippen LogP contribution in [-0.4, -0.2) is 34.0 Å². The highest BCUT2D eigenvalue weighted by molar-refractivity contribution is 5.20. The molecule has 1 fully saturated rings. The van der Waals surface area contributed by atoms with Crippen LogP contribution in [0.5, 0.6) is 0 Å². The zero-order chi connectivity index (χ0) is 11.7. The van der Waals surface area contributed by atoms with Crippen LogP contribution in [-0.2, 0) is 4.74 Å². The maximum Gasteiger partial charge on any atom is 0.250 e. The SMILES string of the molecule is Cc1cc([C@H]2C[C@H](O)[C@@H](CO)O2)c[nH]c1=O. The van der Waals surface area contributed by atoms with Crippen molar-refractivity contribution in [3.8, 4) is 0 Å². The lowest BCUT2D eigenvalue weighted by atomic mass is 10.1. The second kappa shape index (κ2) is 4.37. The highest BCUT2D eigenvalue weighted by Crippen LogP contribution is 2.32. The van der Waals surface area contributed by atoms with Gasteiger partial charge < -0.3 is 19.9 Å². The van der Waals surface area contributed by atoms with Crippen LogP contribution in [0.25, 0.3) is 0 Å². The van der Waals surface area contributed by atoms with Crippen LogP contribution in [0, 0.1) is 6.92 Å². The Bertz CT molecular complexity index is 428. The average Bonchev–Trinajstić information content (AvgIpc) is 2.64. The highest BCUT2D eigenvalue weighted by atomic mass is 16.5. The molecule has 0 aromatic carbocycles. The van der Waals surface area contributed by atoms with Gasteiger partial charge in [-0.1, -0.05) is 0 Å². The van der Waals surface area contributed by atoms with E-state index in [-0.39, 0.29) is 18.3 Å². The molecule has 0 unspecified atom stereocenters. The van der Waals surface area contributed by atoms with Gasteiger partial charge >= 0.3 is 0 Å². The number of rotatable bonds is 2. The van der Waals surface area contributed by atoms with E-state index in [9.17, 15) is 9.90 Å². The number of H-pyrrole nitrogens is 1. The fourth-order valence-corrected chi connectivity index (χ4v) is 1.91. The van der Waals surface area contributed by atoms with Crippen LogP contribution in [0.3, 0.4) is 0 Å². The smallest absolute Gasteiger partial charge is 0.250 e. The van der Waals surface area contributed by atoms with Crippen molar-refractivity contribution in [2.75, 3.05) is 6.61 Å². The second-order valence-electron chi connectivity index (χ2n) is 4.09. The van der Waals surface area contributed by atoms with E-state index in [2.05, 4.69) is 4.98 Å². The first kappa shape index (κ1) is 11.3. The first-order chi connectivity index (χ1) is 7.61. The Morgan fingerprint density at radius 3 is 2.94 bits per heavy atom. The molecule has 0 spiro atoms. The van der Waals surface area contributed by atoms with E-state index in [4.69, 9.17) is 9.84 Å². The Balaban J connectivity index is 2.20. The molecule has 2 rings (SSSR count). The molecular formula is C11H15NO4. The zero-order valence-corrected chi connectivity index (χ0v) is 9.01. The maximum atomic E-state index is 11.2. The summed E-state index contributed by atoms with van der Waals surface area (Å²) in [5, 5.41) is 18.5. The van der Waals surface area contributed by atoms with Gasteiger partial charge in [0.2, 0.25) is 0 Å². The molecule has 16 heavy (non-hydrogen) atoms. The summed E-state index contributed by atoms with van der Waals surface area (Å²) < 4.78 is 5.48. The van der Waals surface area contributed by atoms with Crippen LogP contribution >= 0.6 is 0 Å². The number of hydrogen-bond donors (Lipinski definition) is 3. The summed E-state index contributed by atoms with van der Waals surface area (Å²) in [6.07, 6.45) is 0.589. The Hall–Kier alpha value is -1.17. The monoisotopic (exact) mass is 225 g/mol. The standard InChI is InChI=1S/C11H15NO4/c1-6-2-7(4-12-11(6)15)9-3-8(14)10(5-13)16-9/h2,4,8-10,13-14H,3,5H2,1H3,(H,12,15)/t8-,9+,10+/m0/s1. The first-order valence-corrected chi connectivity index (χ1v) is 5.25. The van der Waals surface area contributed by atoms with Crippen molar-refractivity contribution in [2.24, 2.45) is 0 Å². The van der Waals surface area contributed by atoms with Crippen molar-refractivity contribution in [1.29, 1.82) is 0 Å². The molecule has 0 saturated carbocycles. The summed E-state index contributed by atoms with van der Waals surface area (Å²) in [6.45, 7) is 1.53. The molecule has 3 N–H and O–H groups in total. The summed E-state index contributed by atoms with van der Waals surface area (Å²) in [5.41, 5.74) is 1.32. The molecule has 0 aliphatic carbocycles. The minimum atomic E-state index is -0.651. The predicted octanol–water partition coefficient (Wildman–Crippen LogP) is -0.133. The van der Waals surface area contributed by atoms with Crippen molar-refractivity contribution in [1.82, 2.24) is 4.98 Å². The second-order valence-corrected chi connectivity index (χ2v) is 4.09. The molecule has 5 heteroatoms. The topological polar surface area (TPSA) is 82.5 Å². The van der Waals surface area contributed by atoms with E-state index in [0.717, 1.165) is 5.56 Å². The largest absolute Gasteiger partial charge is 0.394 e. The number of aromatic amines is 1. The molecule has 2 heterocycles. The Kier molecular flexibility index (Phi) is 3.09. The van der Waals surface area contributed by atoms with Gasteiger partial charge in [-0.25, -0.2) is 0 Å². The molecule has 1 aromatic rings. The van der Waals surface area contributed by atoms with Gasteiger partial charge in [0.25, 0.3) is 5.56 Å². The third kappa shape index (κ3) is 2.02. The van der Waals surface area contributed by atoms with Crippen LogP contribution in [0.2, 0.25) is 0 Å². The maximum absolute atomic E-state index is 11.2. The number of aliphatic hydroxyl groups excluding tert-OH is 2. The van der Waals surface area contributed by atoms with Crippen LogP contribution < -0.4 is 5.56 Å². The van der Waals surface area contributed by atoms with Gasteiger partial charge in [0, 0.05) is 18.2 Å². The molecule has 1 aromatic heterocycles. The van der Waals surface area contributed by atoms with Gasteiger partial charge in [-0.15, -0.1) is 0 Å². The Labute approximate surface area is 92.7 Å². The third-order valence-electron chi connectivity index (χ3n) is 2.89. The minimum Gasteiger partial charge on any atom is -0.394 e. The molecule has 3 atom stereocenters. The molecule has 1 aliphatic heterocycles. The number of aliphatic hydroxyl groups is 2. The molecule has 0 bridgehead atoms. The van der Waals surface area contributed by atoms with Crippen molar-refractivity contribution in [3.63, 3.8) is 0 Å². The normalized spacial score (nSPS) is 29.6. The van der Waals surface area contributed by atoms with Crippen molar-refractivity contribution in [2.45, 2.75) is 31.7 Å². The van der Waals surface area contributed by atoms with Gasteiger partial charge in [-0.3, -0.25) is 4.79 Å². The number of hydrogen-bond acceptors (Lipinski definition) is 4. The van der Waals surface area contributed by atoms with Gasteiger partial charge in [-0.05, 0) is 18.6 Å². The first-order valence-electron chi connectivity index (χ1n) is 5.25. The van der Waals surface area contributed by atoms with E-state index in [1.165, 1.54) is 0 Å². The lowest BCUT2D eigenvalue weighted by Crippen LogP contribution is -2.24. The average molecular weight is 225 g/mol. The molecular weight excluding hydrogens is 210 g/mol. The Morgan fingerprint density at radius 1 is 1.62 bits per heavy atom. The fraction of sp³-hybridized carbons (Fsp3) is 0.545. The molecule has 5 nitrogen and oxygen atoms in total. The van der Waals surface area contributed by atoms with Crippen molar-refractivity contribution >= 4 is 0 Å². The van der Waals surface area contributed by atoms with Gasteiger partial charge in [0.15, 0.2) is 0 Å². The van der Waals surface area contributed by atoms with Crippen LogP contribution in [0.1, 0.15) is 23.7 Å². The lowest BCUT2D eigenvalue weighted by Gasteiger charge is -2.12. The minimum absolute atomic E-state index is 0.124. The van der Waals surface area contributed by atoms with E-state index in [1.54, 1.807) is 19.2 Å². The van der Waals surface area contributed by atoms with Crippen LogP contribution in [0.4, 0.5) is 0 Å². The fourth-order valence-electron chi connectivity index (χ4n) is 1.91. The molecule has 0 amide bonds. The molecule has 1 aliphatic rings. The summed E-state index contributed by atoms with van der Waals surface area (Å²) in [4.78, 5) is 13.8. The summed E-state index contributed by atoms with van der Waals surface area (Å²) >= 11 is 0. The zero-order valence-electron chi connectivity index (χ0n) is 9.01. The number of pyridine rings is 1. The number of ether oxygens (including phenoxy) is 1. The molecule has 1 saturated heterocycles. The van der Waals surface area contributed by atoms with E-state index < -0.39 is 12.2 Å². The third-order valence-corrected chi connectivity index (χ3v) is 2.89.